The zero-order valence-corrected chi connectivity index (χ0v) is 14.8. The number of benzene rings is 2. The largest absolute Gasteiger partial charge is 0.233 e. The Morgan fingerprint density at radius 1 is 0.750 bits per heavy atom. The summed E-state index contributed by atoms with van der Waals surface area (Å²) in [7, 11) is 0. The Bertz CT molecular complexity index is 1030. The molecule has 2 heterocycles. The van der Waals surface area contributed by atoms with Gasteiger partial charge in [0.05, 0.1) is 5.69 Å². The Balaban J connectivity index is 2.03. The summed E-state index contributed by atoms with van der Waals surface area (Å²) in [6.45, 7) is 2.00. The lowest BCUT2D eigenvalue weighted by Crippen LogP contribution is -1.93. The first-order chi connectivity index (χ1) is 11.7. The van der Waals surface area contributed by atoms with Crippen LogP contribution in [-0.2, 0) is 0 Å². The number of halogens is 1. The highest BCUT2D eigenvalue weighted by molar-refractivity contribution is 9.10. The van der Waals surface area contributed by atoms with Crippen molar-refractivity contribution in [3.63, 3.8) is 0 Å². The molecule has 2 nitrogen and oxygen atoms in total. The van der Waals surface area contributed by atoms with Crippen LogP contribution in [-0.4, -0.2) is 9.97 Å². The first-order valence-corrected chi connectivity index (χ1v) is 8.60. The summed E-state index contributed by atoms with van der Waals surface area (Å²) in [5.74, 6) is 0. The predicted octanol–water partition coefficient (Wildman–Crippen LogP) is 6.03. The highest BCUT2D eigenvalue weighted by Crippen LogP contribution is 2.32. The fourth-order valence-electron chi connectivity index (χ4n) is 2.85. The van der Waals surface area contributed by atoms with Gasteiger partial charge in [-0.1, -0.05) is 58.4 Å². The topological polar surface area (TPSA) is 25.8 Å². The molecule has 24 heavy (non-hydrogen) atoms. The van der Waals surface area contributed by atoms with E-state index >= 15 is 0 Å². The summed E-state index contributed by atoms with van der Waals surface area (Å²) in [6.07, 6.45) is 0. The second-order valence-electron chi connectivity index (χ2n) is 5.76. The van der Waals surface area contributed by atoms with E-state index in [0.717, 1.165) is 38.0 Å². The molecule has 0 atom stereocenters. The van der Waals surface area contributed by atoms with Crippen molar-refractivity contribution in [2.75, 3.05) is 0 Å². The van der Waals surface area contributed by atoms with Crippen molar-refractivity contribution in [1.82, 2.24) is 9.97 Å². The SMILES string of the molecule is Cc1ccc2c(-c3ccccc3)cc(-c3cccc(Br)c3)nc2n1. The van der Waals surface area contributed by atoms with Gasteiger partial charge >= 0.3 is 0 Å². The van der Waals surface area contributed by atoms with Gasteiger partial charge < -0.3 is 0 Å². The van der Waals surface area contributed by atoms with Crippen molar-refractivity contribution in [2.24, 2.45) is 0 Å². The van der Waals surface area contributed by atoms with E-state index < -0.39 is 0 Å². The second kappa shape index (κ2) is 6.17. The average Bonchev–Trinajstić information content (AvgIpc) is 2.61. The van der Waals surface area contributed by atoms with Crippen molar-refractivity contribution in [3.8, 4) is 22.4 Å². The molecule has 0 saturated carbocycles. The van der Waals surface area contributed by atoms with Crippen LogP contribution in [0.25, 0.3) is 33.4 Å². The van der Waals surface area contributed by atoms with Gasteiger partial charge in [-0.3, -0.25) is 0 Å². The third-order valence-electron chi connectivity index (χ3n) is 4.02. The van der Waals surface area contributed by atoms with E-state index in [0.29, 0.717) is 0 Å². The van der Waals surface area contributed by atoms with Crippen LogP contribution in [0.2, 0.25) is 0 Å². The van der Waals surface area contributed by atoms with Crippen LogP contribution in [0.3, 0.4) is 0 Å². The number of pyridine rings is 2. The van der Waals surface area contributed by atoms with Crippen LogP contribution in [0.5, 0.6) is 0 Å². The Hall–Kier alpha value is -2.52. The fourth-order valence-corrected chi connectivity index (χ4v) is 3.25. The summed E-state index contributed by atoms with van der Waals surface area (Å²) in [5.41, 5.74) is 6.09. The monoisotopic (exact) mass is 374 g/mol. The molecule has 0 unspecified atom stereocenters. The zero-order valence-electron chi connectivity index (χ0n) is 13.2. The van der Waals surface area contributed by atoms with Crippen molar-refractivity contribution < 1.29 is 0 Å². The molecule has 4 aromatic rings. The van der Waals surface area contributed by atoms with Gasteiger partial charge in [0.2, 0.25) is 0 Å². The highest BCUT2D eigenvalue weighted by Gasteiger charge is 2.10. The molecule has 4 rings (SSSR count). The maximum atomic E-state index is 4.80. The molecule has 0 N–H and O–H groups in total. The number of hydrogen-bond donors (Lipinski definition) is 0. The average molecular weight is 375 g/mol. The van der Waals surface area contributed by atoms with Crippen molar-refractivity contribution in [1.29, 1.82) is 0 Å². The van der Waals surface area contributed by atoms with E-state index in [2.05, 4.69) is 69.4 Å². The molecule has 3 heteroatoms. The summed E-state index contributed by atoms with van der Waals surface area (Å²) >= 11 is 3.54. The van der Waals surface area contributed by atoms with Crippen LogP contribution < -0.4 is 0 Å². The molecule has 0 fully saturated rings. The molecule has 2 aromatic heterocycles. The maximum absolute atomic E-state index is 4.80. The summed E-state index contributed by atoms with van der Waals surface area (Å²) in [5, 5.41) is 1.07. The van der Waals surface area contributed by atoms with Crippen LogP contribution >= 0.6 is 15.9 Å². The molecular weight excluding hydrogens is 360 g/mol. The molecule has 2 aromatic carbocycles. The lowest BCUT2D eigenvalue weighted by molar-refractivity contribution is 1.20. The highest BCUT2D eigenvalue weighted by atomic mass is 79.9. The van der Waals surface area contributed by atoms with Crippen molar-refractivity contribution in [2.45, 2.75) is 6.92 Å². The zero-order chi connectivity index (χ0) is 16.5. The van der Waals surface area contributed by atoms with E-state index in [1.807, 2.05) is 31.2 Å². The van der Waals surface area contributed by atoms with Gasteiger partial charge in [-0.25, -0.2) is 9.97 Å². The normalized spacial score (nSPS) is 10.9. The minimum atomic E-state index is 0.784. The quantitative estimate of drug-likeness (QED) is 0.427. The van der Waals surface area contributed by atoms with E-state index in [4.69, 9.17) is 4.98 Å². The van der Waals surface area contributed by atoms with Gasteiger partial charge in [-0.15, -0.1) is 0 Å². The fraction of sp³-hybridized carbons (Fsp3) is 0.0476. The summed E-state index contributed by atoms with van der Waals surface area (Å²) in [6, 6.07) is 24.9. The molecule has 0 aliphatic rings. The summed E-state index contributed by atoms with van der Waals surface area (Å²) in [4.78, 5) is 9.45. The first kappa shape index (κ1) is 15.0. The molecule has 0 aliphatic carbocycles. The van der Waals surface area contributed by atoms with Crippen LogP contribution in [0, 0.1) is 6.92 Å². The molecule has 0 amide bonds. The molecular formula is C21H15BrN2. The predicted molar refractivity (Wildman–Crippen MR) is 103 cm³/mol. The standard InChI is InChI=1S/C21H15BrN2/c1-14-10-11-18-19(15-6-3-2-4-7-15)13-20(24-21(18)23-14)16-8-5-9-17(22)12-16/h2-13H,1H3. The lowest BCUT2D eigenvalue weighted by atomic mass is 9.99. The minimum Gasteiger partial charge on any atom is -0.233 e. The Morgan fingerprint density at radius 3 is 2.33 bits per heavy atom. The first-order valence-electron chi connectivity index (χ1n) is 7.80. The number of aryl methyl sites for hydroxylation is 1. The molecule has 0 aliphatic heterocycles. The van der Waals surface area contributed by atoms with Crippen LogP contribution in [0.15, 0.2) is 77.3 Å². The van der Waals surface area contributed by atoms with Gasteiger partial charge in [0.1, 0.15) is 0 Å². The molecule has 0 spiro atoms. The van der Waals surface area contributed by atoms with Gasteiger partial charge in [0.15, 0.2) is 5.65 Å². The number of rotatable bonds is 2. The van der Waals surface area contributed by atoms with Gasteiger partial charge in [0.25, 0.3) is 0 Å². The smallest absolute Gasteiger partial charge is 0.160 e. The number of nitrogens with zero attached hydrogens (tertiary/aromatic N) is 2. The lowest BCUT2D eigenvalue weighted by Gasteiger charge is -2.10. The second-order valence-corrected chi connectivity index (χ2v) is 6.67. The van der Waals surface area contributed by atoms with Crippen molar-refractivity contribution >= 4 is 27.0 Å². The third-order valence-corrected chi connectivity index (χ3v) is 4.51. The number of hydrogen-bond acceptors (Lipinski definition) is 2. The Morgan fingerprint density at radius 2 is 1.54 bits per heavy atom. The van der Waals surface area contributed by atoms with E-state index in [1.165, 1.54) is 5.56 Å². The number of fused-ring (bicyclic) bond motifs is 1. The molecule has 0 saturated heterocycles. The van der Waals surface area contributed by atoms with E-state index in [-0.39, 0.29) is 0 Å². The maximum Gasteiger partial charge on any atom is 0.160 e. The Kier molecular flexibility index (Phi) is 3.87. The third kappa shape index (κ3) is 2.83. The van der Waals surface area contributed by atoms with Gasteiger partial charge in [0, 0.05) is 21.1 Å². The van der Waals surface area contributed by atoms with Crippen molar-refractivity contribution in [3.05, 3.63) is 83.0 Å². The molecule has 0 radical (unpaired) electrons. The molecule has 0 bridgehead atoms. The van der Waals surface area contributed by atoms with Gasteiger partial charge in [-0.05, 0) is 48.4 Å². The van der Waals surface area contributed by atoms with Crippen LogP contribution in [0.4, 0.5) is 0 Å². The van der Waals surface area contributed by atoms with E-state index in [9.17, 15) is 0 Å². The van der Waals surface area contributed by atoms with Crippen LogP contribution in [0.1, 0.15) is 5.69 Å². The molecule has 116 valence electrons. The van der Waals surface area contributed by atoms with Gasteiger partial charge in [-0.2, -0.15) is 0 Å². The summed E-state index contributed by atoms with van der Waals surface area (Å²) < 4.78 is 1.04. The number of aromatic nitrogens is 2. The minimum absolute atomic E-state index is 0.784. The van der Waals surface area contributed by atoms with E-state index in [1.54, 1.807) is 0 Å². The Labute approximate surface area is 149 Å².